The molecule has 1 amide bonds. The minimum Gasteiger partial charge on any atom is -0.340 e. The van der Waals surface area contributed by atoms with Crippen molar-refractivity contribution in [1.29, 1.82) is 5.26 Å². The molecule has 0 unspecified atom stereocenters. The summed E-state index contributed by atoms with van der Waals surface area (Å²) in [5, 5.41) is 12.5. The van der Waals surface area contributed by atoms with Crippen LogP contribution in [0.3, 0.4) is 0 Å². The van der Waals surface area contributed by atoms with Crippen molar-refractivity contribution in [2.75, 3.05) is 26.2 Å². The van der Waals surface area contributed by atoms with Crippen LogP contribution in [-0.2, 0) is 11.2 Å². The molecule has 2 heterocycles. The number of carbonyl (C=O) groups is 1. The number of carbonyl (C=O) groups excluding carboxylic acids is 1. The highest BCUT2D eigenvalue weighted by Gasteiger charge is 2.20. The molecule has 20 heavy (non-hydrogen) atoms. The SMILES string of the molecule is Cc1nc(Cl)c(C#N)c(C)c1CC(=O)N1CCNCC1. The van der Waals surface area contributed by atoms with E-state index in [1.54, 1.807) is 0 Å². The maximum absolute atomic E-state index is 12.3. The van der Waals surface area contributed by atoms with Crippen LogP contribution in [0, 0.1) is 25.2 Å². The van der Waals surface area contributed by atoms with Crippen LogP contribution in [0.2, 0.25) is 5.15 Å². The number of hydrogen-bond donors (Lipinski definition) is 1. The Labute approximate surface area is 123 Å². The standard InChI is InChI=1S/C14H17ClN4O/c1-9-11(10(2)18-14(15)12(9)8-16)7-13(20)19-5-3-17-4-6-19/h17H,3-7H2,1-2H3. The zero-order valence-electron chi connectivity index (χ0n) is 11.7. The number of aromatic nitrogens is 1. The summed E-state index contributed by atoms with van der Waals surface area (Å²) in [6.07, 6.45) is 0.274. The quantitative estimate of drug-likeness (QED) is 0.832. The Kier molecular flexibility index (Phi) is 4.58. The molecule has 0 atom stereocenters. The molecule has 0 saturated carbocycles. The number of nitrogens with zero attached hydrogens (tertiary/aromatic N) is 3. The number of hydrogen-bond acceptors (Lipinski definition) is 4. The van der Waals surface area contributed by atoms with Gasteiger partial charge in [0.05, 0.1) is 12.0 Å². The second-order valence-electron chi connectivity index (χ2n) is 4.89. The van der Waals surface area contributed by atoms with Gasteiger partial charge >= 0.3 is 0 Å². The van der Waals surface area contributed by atoms with Gasteiger partial charge in [0.1, 0.15) is 11.2 Å². The van der Waals surface area contributed by atoms with Gasteiger partial charge < -0.3 is 10.2 Å². The molecule has 1 fully saturated rings. The number of halogens is 1. The summed E-state index contributed by atoms with van der Waals surface area (Å²) in [7, 11) is 0. The fraction of sp³-hybridized carbons (Fsp3) is 0.500. The molecule has 5 nitrogen and oxygen atoms in total. The van der Waals surface area contributed by atoms with Gasteiger partial charge in [-0.15, -0.1) is 0 Å². The average Bonchev–Trinajstić information content (AvgIpc) is 2.44. The lowest BCUT2D eigenvalue weighted by Crippen LogP contribution is -2.47. The van der Waals surface area contributed by atoms with Crippen molar-refractivity contribution in [3.05, 3.63) is 27.5 Å². The number of rotatable bonds is 2. The molecule has 2 rings (SSSR count). The third-order valence-electron chi connectivity index (χ3n) is 3.65. The van der Waals surface area contributed by atoms with Gasteiger partial charge in [-0.1, -0.05) is 11.6 Å². The molecule has 0 radical (unpaired) electrons. The topological polar surface area (TPSA) is 69.0 Å². The minimum absolute atomic E-state index is 0.0747. The molecule has 1 aliphatic rings. The maximum Gasteiger partial charge on any atom is 0.227 e. The molecular formula is C14H17ClN4O. The van der Waals surface area contributed by atoms with Crippen molar-refractivity contribution in [3.63, 3.8) is 0 Å². The van der Waals surface area contributed by atoms with Crippen LogP contribution in [0.5, 0.6) is 0 Å². The van der Waals surface area contributed by atoms with Crippen LogP contribution >= 0.6 is 11.6 Å². The van der Waals surface area contributed by atoms with Crippen LogP contribution in [0.4, 0.5) is 0 Å². The number of amides is 1. The summed E-state index contributed by atoms with van der Waals surface area (Å²) in [5.41, 5.74) is 2.65. The van der Waals surface area contributed by atoms with Crippen LogP contribution in [-0.4, -0.2) is 42.0 Å². The van der Waals surface area contributed by atoms with Crippen LogP contribution < -0.4 is 5.32 Å². The molecular weight excluding hydrogens is 276 g/mol. The first-order chi connectivity index (χ1) is 9.54. The second kappa shape index (κ2) is 6.21. The molecule has 6 heteroatoms. The molecule has 0 aromatic carbocycles. The number of pyridine rings is 1. The summed E-state index contributed by atoms with van der Waals surface area (Å²) >= 11 is 5.95. The predicted octanol–water partition coefficient (Wildman–Crippen LogP) is 1.20. The zero-order valence-corrected chi connectivity index (χ0v) is 12.4. The average molecular weight is 293 g/mol. The summed E-state index contributed by atoms with van der Waals surface area (Å²) in [4.78, 5) is 18.3. The van der Waals surface area contributed by atoms with Crippen molar-refractivity contribution in [2.45, 2.75) is 20.3 Å². The normalized spacial score (nSPS) is 15.0. The Morgan fingerprint density at radius 3 is 2.70 bits per heavy atom. The summed E-state index contributed by atoms with van der Waals surface area (Å²) in [5.74, 6) is 0.0747. The van der Waals surface area contributed by atoms with Gasteiger partial charge in [0.25, 0.3) is 0 Å². The van der Waals surface area contributed by atoms with E-state index in [-0.39, 0.29) is 17.5 Å². The first-order valence-electron chi connectivity index (χ1n) is 6.58. The summed E-state index contributed by atoms with van der Waals surface area (Å²) in [6.45, 7) is 6.74. The molecule has 1 aromatic rings. The lowest BCUT2D eigenvalue weighted by Gasteiger charge is -2.28. The lowest BCUT2D eigenvalue weighted by atomic mass is 10.00. The van der Waals surface area contributed by atoms with E-state index < -0.39 is 0 Å². The fourth-order valence-electron chi connectivity index (χ4n) is 2.42. The zero-order chi connectivity index (χ0) is 14.7. The van der Waals surface area contributed by atoms with E-state index >= 15 is 0 Å². The molecule has 1 N–H and O–H groups in total. The largest absolute Gasteiger partial charge is 0.340 e. The van der Waals surface area contributed by atoms with Crippen LogP contribution in [0.25, 0.3) is 0 Å². The van der Waals surface area contributed by atoms with Gasteiger partial charge in [-0.25, -0.2) is 4.98 Å². The Bertz CT molecular complexity index is 574. The Morgan fingerprint density at radius 2 is 2.10 bits per heavy atom. The predicted molar refractivity (Wildman–Crippen MR) is 76.6 cm³/mol. The van der Waals surface area contributed by atoms with Gasteiger partial charge in [0, 0.05) is 31.9 Å². The summed E-state index contributed by atoms with van der Waals surface area (Å²) in [6, 6.07) is 2.05. The van der Waals surface area contributed by atoms with E-state index in [4.69, 9.17) is 16.9 Å². The van der Waals surface area contributed by atoms with Gasteiger partial charge in [-0.2, -0.15) is 5.26 Å². The first kappa shape index (κ1) is 14.8. The molecule has 1 saturated heterocycles. The highest BCUT2D eigenvalue weighted by Crippen LogP contribution is 2.23. The van der Waals surface area contributed by atoms with E-state index in [0.29, 0.717) is 5.56 Å². The minimum atomic E-state index is 0.0747. The molecule has 0 bridgehead atoms. The molecule has 0 aliphatic carbocycles. The highest BCUT2D eigenvalue weighted by molar-refractivity contribution is 6.30. The van der Waals surface area contributed by atoms with E-state index in [2.05, 4.69) is 16.4 Å². The second-order valence-corrected chi connectivity index (χ2v) is 5.24. The highest BCUT2D eigenvalue weighted by atomic mass is 35.5. The Balaban J connectivity index is 2.25. The Hall–Kier alpha value is -1.64. The van der Waals surface area contributed by atoms with Crippen molar-refractivity contribution in [1.82, 2.24) is 15.2 Å². The van der Waals surface area contributed by atoms with Gasteiger partial charge in [-0.3, -0.25) is 4.79 Å². The van der Waals surface area contributed by atoms with Gasteiger partial charge in [-0.05, 0) is 25.0 Å². The van der Waals surface area contributed by atoms with Crippen molar-refractivity contribution in [2.24, 2.45) is 0 Å². The lowest BCUT2D eigenvalue weighted by molar-refractivity contribution is -0.131. The first-order valence-corrected chi connectivity index (χ1v) is 6.96. The van der Waals surface area contributed by atoms with Gasteiger partial charge in [0.2, 0.25) is 5.91 Å². The van der Waals surface area contributed by atoms with Crippen molar-refractivity contribution >= 4 is 17.5 Å². The smallest absolute Gasteiger partial charge is 0.227 e. The van der Waals surface area contributed by atoms with E-state index in [1.807, 2.05) is 18.7 Å². The number of nitriles is 1. The third kappa shape index (κ3) is 2.92. The van der Waals surface area contributed by atoms with Crippen molar-refractivity contribution < 1.29 is 4.79 Å². The molecule has 1 aromatic heterocycles. The summed E-state index contributed by atoms with van der Waals surface area (Å²) < 4.78 is 0. The Morgan fingerprint density at radius 1 is 1.45 bits per heavy atom. The third-order valence-corrected chi connectivity index (χ3v) is 3.92. The monoisotopic (exact) mass is 292 g/mol. The van der Waals surface area contributed by atoms with E-state index in [1.165, 1.54) is 0 Å². The fourth-order valence-corrected chi connectivity index (χ4v) is 2.73. The number of nitrogens with one attached hydrogen (secondary N) is 1. The molecule has 106 valence electrons. The van der Waals surface area contributed by atoms with E-state index in [0.717, 1.165) is 43.0 Å². The molecule has 0 spiro atoms. The maximum atomic E-state index is 12.3. The van der Waals surface area contributed by atoms with Crippen molar-refractivity contribution in [3.8, 4) is 6.07 Å². The van der Waals surface area contributed by atoms with Crippen LogP contribution in [0.1, 0.15) is 22.4 Å². The number of piperazine rings is 1. The molecule has 1 aliphatic heterocycles. The van der Waals surface area contributed by atoms with Crippen LogP contribution in [0.15, 0.2) is 0 Å². The van der Waals surface area contributed by atoms with Gasteiger partial charge in [0.15, 0.2) is 0 Å². The number of aryl methyl sites for hydroxylation is 1. The van der Waals surface area contributed by atoms with E-state index in [9.17, 15) is 4.79 Å².